The first-order valence-electron chi connectivity index (χ1n) is 2.77. The maximum absolute atomic E-state index is 5.04. The Kier molecular flexibility index (Phi) is 2.67. The fourth-order valence-electron chi connectivity index (χ4n) is 0.592. The van der Waals surface area contributed by atoms with Gasteiger partial charge in [-0.15, -0.1) is 0 Å². The smallest absolute Gasteiger partial charge is 0.117 e. The van der Waals surface area contributed by atoms with E-state index in [1.54, 1.807) is 6.26 Å². The number of thiol groups is 1. The van der Waals surface area contributed by atoms with Crippen LogP contribution in [-0.4, -0.2) is 5.88 Å². The third-order valence-corrected chi connectivity index (χ3v) is 1.21. The van der Waals surface area contributed by atoms with Crippen molar-refractivity contribution in [2.75, 3.05) is 5.88 Å². The van der Waals surface area contributed by atoms with Gasteiger partial charge >= 0.3 is 0 Å². The molecule has 0 aliphatic heterocycles. The fraction of sp³-hybridized carbons (Fsp3) is 0.333. The summed E-state index contributed by atoms with van der Waals surface area (Å²) in [4.78, 5) is 0. The van der Waals surface area contributed by atoms with Gasteiger partial charge in [-0.2, -0.15) is 12.6 Å². The van der Waals surface area contributed by atoms with Crippen LogP contribution in [0.15, 0.2) is 22.8 Å². The van der Waals surface area contributed by atoms with Crippen LogP contribution in [0, 0.1) is 0 Å². The molecule has 9 heavy (non-hydrogen) atoms. The Labute approximate surface area is 59.7 Å². The molecule has 1 aromatic rings. The Hall–Kier alpha value is -0.410. The molecular formula is C6H9NOS. The summed E-state index contributed by atoms with van der Waals surface area (Å²) in [5, 5.41) is 3.02. The van der Waals surface area contributed by atoms with Crippen LogP contribution in [0.3, 0.4) is 0 Å². The summed E-state index contributed by atoms with van der Waals surface area (Å²) in [7, 11) is 0. The van der Waals surface area contributed by atoms with Gasteiger partial charge in [0.05, 0.1) is 12.8 Å². The van der Waals surface area contributed by atoms with E-state index in [0.717, 1.165) is 12.3 Å². The lowest BCUT2D eigenvalue weighted by Gasteiger charge is -1.93. The number of hydrogen-bond acceptors (Lipinski definition) is 3. The van der Waals surface area contributed by atoms with E-state index in [0.29, 0.717) is 5.88 Å². The van der Waals surface area contributed by atoms with E-state index < -0.39 is 0 Å². The number of furan rings is 1. The molecule has 0 aliphatic rings. The highest BCUT2D eigenvalue weighted by molar-refractivity contribution is 7.80. The molecule has 0 spiro atoms. The number of rotatable bonds is 3. The highest BCUT2D eigenvalue weighted by atomic mass is 32.1. The molecule has 0 atom stereocenters. The summed E-state index contributed by atoms with van der Waals surface area (Å²) in [6, 6.07) is 3.80. The maximum Gasteiger partial charge on any atom is 0.117 e. The number of hydrogen-bond donors (Lipinski definition) is 2. The van der Waals surface area contributed by atoms with Crippen molar-refractivity contribution in [1.82, 2.24) is 5.32 Å². The normalized spacial score (nSPS) is 9.89. The van der Waals surface area contributed by atoms with Crippen molar-refractivity contribution in [3.05, 3.63) is 24.2 Å². The van der Waals surface area contributed by atoms with Gasteiger partial charge in [-0.1, -0.05) is 0 Å². The average Bonchev–Trinajstić information content (AvgIpc) is 2.34. The van der Waals surface area contributed by atoms with Crippen LogP contribution in [0.2, 0.25) is 0 Å². The lowest BCUT2D eigenvalue weighted by atomic mass is 10.4. The first-order chi connectivity index (χ1) is 4.43. The molecule has 50 valence electrons. The molecule has 1 heterocycles. The van der Waals surface area contributed by atoms with E-state index in [1.165, 1.54) is 0 Å². The lowest BCUT2D eigenvalue weighted by Crippen LogP contribution is -2.09. The van der Waals surface area contributed by atoms with Gasteiger partial charge in [0, 0.05) is 5.88 Å². The summed E-state index contributed by atoms with van der Waals surface area (Å²) in [5.74, 6) is 1.63. The van der Waals surface area contributed by atoms with Crippen LogP contribution in [0.4, 0.5) is 0 Å². The van der Waals surface area contributed by atoms with Gasteiger partial charge in [0.2, 0.25) is 0 Å². The van der Waals surface area contributed by atoms with Gasteiger partial charge in [0.25, 0.3) is 0 Å². The molecule has 0 fully saturated rings. The van der Waals surface area contributed by atoms with Crippen molar-refractivity contribution in [2.24, 2.45) is 0 Å². The molecule has 1 aromatic heterocycles. The second-order valence-corrected chi connectivity index (χ2v) is 1.98. The van der Waals surface area contributed by atoms with Crippen molar-refractivity contribution in [1.29, 1.82) is 0 Å². The molecule has 2 nitrogen and oxygen atoms in total. The van der Waals surface area contributed by atoms with Crippen molar-refractivity contribution < 1.29 is 4.42 Å². The molecule has 0 amide bonds. The predicted octanol–water partition coefficient (Wildman–Crippen LogP) is 1.26. The van der Waals surface area contributed by atoms with E-state index in [-0.39, 0.29) is 0 Å². The Bertz CT molecular complexity index is 150. The van der Waals surface area contributed by atoms with E-state index >= 15 is 0 Å². The van der Waals surface area contributed by atoms with Crippen LogP contribution in [0.25, 0.3) is 0 Å². The predicted molar refractivity (Wildman–Crippen MR) is 39.4 cm³/mol. The molecule has 0 saturated carbocycles. The third kappa shape index (κ3) is 2.11. The first kappa shape index (κ1) is 6.71. The average molecular weight is 143 g/mol. The van der Waals surface area contributed by atoms with Crippen molar-refractivity contribution in [3.8, 4) is 0 Å². The summed E-state index contributed by atoms with van der Waals surface area (Å²) in [6.07, 6.45) is 1.66. The highest BCUT2D eigenvalue weighted by Crippen LogP contribution is 1.97. The number of nitrogens with one attached hydrogen (secondary N) is 1. The first-order valence-corrected chi connectivity index (χ1v) is 3.40. The summed E-state index contributed by atoms with van der Waals surface area (Å²) in [5.41, 5.74) is 0. The Morgan fingerprint density at radius 1 is 1.67 bits per heavy atom. The fourth-order valence-corrected chi connectivity index (χ4v) is 0.704. The highest BCUT2D eigenvalue weighted by Gasteiger charge is 1.90. The largest absolute Gasteiger partial charge is 0.468 e. The Balaban J connectivity index is 2.30. The van der Waals surface area contributed by atoms with Crippen molar-refractivity contribution in [3.63, 3.8) is 0 Å². The second kappa shape index (κ2) is 3.58. The minimum atomic E-state index is 0.681. The molecule has 0 unspecified atom stereocenters. The monoisotopic (exact) mass is 143 g/mol. The van der Waals surface area contributed by atoms with Gasteiger partial charge in [-0.3, -0.25) is 0 Å². The molecule has 3 heteroatoms. The van der Waals surface area contributed by atoms with Crippen LogP contribution in [0.5, 0.6) is 0 Å². The summed E-state index contributed by atoms with van der Waals surface area (Å²) in [6.45, 7) is 0.760. The van der Waals surface area contributed by atoms with E-state index in [4.69, 9.17) is 4.42 Å². The quantitative estimate of drug-likeness (QED) is 0.492. The zero-order valence-corrected chi connectivity index (χ0v) is 5.90. The third-order valence-electron chi connectivity index (χ3n) is 0.991. The topological polar surface area (TPSA) is 25.2 Å². The van der Waals surface area contributed by atoms with Crippen molar-refractivity contribution >= 4 is 12.6 Å². The molecule has 0 radical (unpaired) electrons. The van der Waals surface area contributed by atoms with Crippen LogP contribution >= 0.6 is 12.6 Å². The molecule has 0 aromatic carbocycles. The van der Waals surface area contributed by atoms with Gasteiger partial charge in [0.15, 0.2) is 0 Å². The molecule has 1 rings (SSSR count). The minimum Gasteiger partial charge on any atom is -0.468 e. The van der Waals surface area contributed by atoms with Gasteiger partial charge in [0.1, 0.15) is 5.76 Å². The van der Waals surface area contributed by atoms with Gasteiger partial charge in [-0.25, -0.2) is 0 Å². The lowest BCUT2D eigenvalue weighted by molar-refractivity contribution is 0.494. The Morgan fingerprint density at radius 3 is 3.11 bits per heavy atom. The summed E-state index contributed by atoms with van der Waals surface area (Å²) >= 11 is 3.98. The van der Waals surface area contributed by atoms with E-state index in [9.17, 15) is 0 Å². The molecule has 1 N–H and O–H groups in total. The van der Waals surface area contributed by atoms with Crippen molar-refractivity contribution in [2.45, 2.75) is 6.54 Å². The van der Waals surface area contributed by atoms with Crippen LogP contribution < -0.4 is 5.32 Å². The molecule has 0 bridgehead atoms. The molecular weight excluding hydrogens is 134 g/mol. The van der Waals surface area contributed by atoms with E-state index in [1.807, 2.05) is 12.1 Å². The zero-order valence-electron chi connectivity index (χ0n) is 5.00. The van der Waals surface area contributed by atoms with E-state index in [2.05, 4.69) is 17.9 Å². The minimum absolute atomic E-state index is 0.681. The molecule has 0 saturated heterocycles. The standard InChI is InChI=1S/C6H9NOS/c9-5-7-4-6-2-1-3-8-6/h1-3,7,9H,4-5H2. The summed E-state index contributed by atoms with van der Waals surface area (Å²) < 4.78 is 5.04. The molecule has 0 aliphatic carbocycles. The van der Waals surface area contributed by atoms with Gasteiger partial charge in [-0.05, 0) is 12.1 Å². The SMILES string of the molecule is SCNCc1ccco1. The van der Waals surface area contributed by atoms with Crippen LogP contribution in [-0.2, 0) is 6.54 Å². The second-order valence-electron chi connectivity index (χ2n) is 1.66. The van der Waals surface area contributed by atoms with Gasteiger partial charge < -0.3 is 9.73 Å². The maximum atomic E-state index is 5.04. The van der Waals surface area contributed by atoms with Crippen LogP contribution in [0.1, 0.15) is 5.76 Å². The zero-order chi connectivity index (χ0) is 6.53. The Morgan fingerprint density at radius 2 is 2.56 bits per heavy atom.